The second-order valence-corrected chi connectivity index (χ2v) is 6.55. The Morgan fingerprint density at radius 2 is 1.72 bits per heavy atom. The lowest BCUT2D eigenvalue weighted by Gasteiger charge is -2.23. The highest BCUT2D eigenvalue weighted by Crippen LogP contribution is 2.36. The minimum Gasteiger partial charge on any atom is -0.494 e. The molecule has 0 bridgehead atoms. The summed E-state index contributed by atoms with van der Waals surface area (Å²) < 4.78 is 16.2. The van der Waals surface area contributed by atoms with Gasteiger partial charge in [-0.15, -0.1) is 0 Å². The van der Waals surface area contributed by atoms with Crippen LogP contribution in [0.5, 0.6) is 11.5 Å². The normalized spacial score (nSPS) is 16.0. The molecular weight excluding hydrogens is 374 g/mol. The second kappa shape index (κ2) is 9.90. The third kappa shape index (κ3) is 5.46. The minimum atomic E-state index is -0.272. The molecule has 29 heavy (non-hydrogen) atoms. The number of rotatable bonds is 7. The Morgan fingerprint density at radius 1 is 1.07 bits per heavy atom. The van der Waals surface area contributed by atoms with Crippen LogP contribution < -0.4 is 25.4 Å². The van der Waals surface area contributed by atoms with Crippen molar-refractivity contribution in [2.45, 2.75) is 12.5 Å². The molecule has 0 aromatic heterocycles. The maximum absolute atomic E-state index is 12.5. The summed E-state index contributed by atoms with van der Waals surface area (Å²) in [5, 5.41) is 8.90. The number of amides is 2. The summed E-state index contributed by atoms with van der Waals surface area (Å²) in [7, 11) is 2.99. The average molecular weight is 399 g/mol. The molecule has 0 aliphatic carbocycles. The number of benzene rings is 2. The Balaban J connectivity index is 1.75. The molecule has 1 aliphatic heterocycles. The van der Waals surface area contributed by atoms with Crippen LogP contribution in [0.15, 0.2) is 42.5 Å². The molecule has 1 heterocycles. The van der Waals surface area contributed by atoms with Gasteiger partial charge in [0.15, 0.2) is 0 Å². The zero-order valence-corrected chi connectivity index (χ0v) is 16.5. The Kier molecular flexibility index (Phi) is 7.04. The molecule has 0 radical (unpaired) electrons. The first-order chi connectivity index (χ1) is 14.1. The van der Waals surface area contributed by atoms with Crippen LogP contribution in [0.2, 0.25) is 0 Å². The molecule has 1 saturated heterocycles. The molecule has 0 saturated carbocycles. The van der Waals surface area contributed by atoms with Gasteiger partial charge in [-0.05, 0) is 12.1 Å². The van der Waals surface area contributed by atoms with Crippen LogP contribution in [0.1, 0.15) is 16.8 Å². The number of morpholine rings is 1. The molecule has 2 aromatic carbocycles. The van der Waals surface area contributed by atoms with E-state index in [1.807, 2.05) is 6.07 Å². The first-order valence-electron chi connectivity index (χ1n) is 9.34. The van der Waals surface area contributed by atoms with E-state index in [2.05, 4.69) is 16.0 Å². The summed E-state index contributed by atoms with van der Waals surface area (Å²) in [6.45, 7) is 1.88. The summed E-state index contributed by atoms with van der Waals surface area (Å²) in [6.07, 6.45) is 0.276. The maximum atomic E-state index is 12.5. The predicted molar refractivity (Wildman–Crippen MR) is 110 cm³/mol. The molecule has 3 N–H and O–H groups in total. The number of nitrogens with one attached hydrogen (secondary N) is 3. The number of hydrogen-bond acceptors (Lipinski definition) is 6. The van der Waals surface area contributed by atoms with Crippen LogP contribution in [0, 0.1) is 0 Å². The molecule has 0 spiro atoms. The van der Waals surface area contributed by atoms with E-state index in [1.54, 1.807) is 36.4 Å². The lowest BCUT2D eigenvalue weighted by Crippen LogP contribution is -2.43. The Morgan fingerprint density at radius 3 is 2.31 bits per heavy atom. The molecule has 8 heteroatoms. The molecule has 1 fully saturated rings. The molecule has 1 aliphatic rings. The first kappa shape index (κ1) is 20.6. The van der Waals surface area contributed by atoms with Crippen LogP contribution in [-0.2, 0) is 9.53 Å². The summed E-state index contributed by atoms with van der Waals surface area (Å²) in [6, 6.07) is 12.1. The number of anilines is 2. The summed E-state index contributed by atoms with van der Waals surface area (Å²) in [5.41, 5.74) is 1.43. The van der Waals surface area contributed by atoms with E-state index in [4.69, 9.17) is 14.2 Å². The zero-order chi connectivity index (χ0) is 20.6. The van der Waals surface area contributed by atoms with E-state index in [1.165, 1.54) is 14.2 Å². The van der Waals surface area contributed by atoms with Gasteiger partial charge in [-0.1, -0.05) is 18.2 Å². The van der Waals surface area contributed by atoms with Crippen molar-refractivity contribution in [1.82, 2.24) is 5.32 Å². The Labute approximate surface area is 169 Å². The molecule has 154 valence electrons. The lowest BCUT2D eigenvalue weighted by atomic mass is 10.1. The molecule has 1 atom stereocenters. The Hall–Kier alpha value is -3.10. The van der Waals surface area contributed by atoms with E-state index in [9.17, 15) is 9.59 Å². The predicted octanol–water partition coefficient (Wildman–Crippen LogP) is 2.27. The highest BCUT2D eigenvalue weighted by molar-refractivity contribution is 6.05. The smallest absolute Gasteiger partial charge is 0.255 e. The van der Waals surface area contributed by atoms with Crippen molar-refractivity contribution >= 4 is 23.2 Å². The highest BCUT2D eigenvalue weighted by Gasteiger charge is 2.20. The molecule has 2 amide bonds. The van der Waals surface area contributed by atoms with Crippen LogP contribution in [0.3, 0.4) is 0 Å². The number of carbonyl (C=O) groups is 2. The van der Waals surface area contributed by atoms with Gasteiger partial charge in [0.2, 0.25) is 5.91 Å². The van der Waals surface area contributed by atoms with E-state index in [-0.39, 0.29) is 24.3 Å². The fraction of sp³-hybridized carbons (Fsp3) is 0.333. The van der Waals surface area contributed by atoms with Crippen molar-refractivity contribution in [3.8, 4) is 11.5 Å². The van der Waals surface area contributed by atoms with Gasteiger partial charge in [-0.2, -0.15) is 0 Å². The van der Waals surface area contributed by atoms with E-state index < -0.39 is 0 Å². The second-order valence-electron chi connectivity index (χ2n) is 6.55. The van der Waals surface area contributed by atoms with Crippen LogP contribution in [0.4, 0.5) is 11.4 Å². The van der Waals surface area contributed by atoms with Crippen molar-refractivity contribution in [2.24, 2.45) is 0 Å². The zero-order valence-electron chi connectivity index (χ0n) is 16.5. The van der Waals surface area contributed by atoms with Crippen LogP contribution in [-0.4, -0.2) is 51.8 Å². The number of methoxy groups -OCH3 is 2. The topological polar surface area (TPSA) is 97.9 Å². The molecule has 8 nitrogen and oxygen atoms in total. The molecule has 2 aromatic rings. The molecular formula is C21H25N3O5. The SMILES string of the molecule is COc1cc(NC(=O)c2ccccc2)c(OC)cc1NC(=O)CC1COCCN1. The number of ether oxygens (including phenoxy) is 3. The highest BCUT2D eigenvalue weighted by atomic mass is 16.5. The van der Waals surface area contributed by atoms with Gasteiger partial charge < -0.3 is 30.2 Å². The van der Waals surface area contributed by atoms with Gasteiger partial charge in [0.25, 0.3) is 5.91 Å². The molecule has 3 rings (SSSR count). The van der Waals surface area contributed by atoms with Crippen molar-refractivity contribution in [2.75, 3.05) is 44.6 Å². The third-order valence-corrected chi connectivity index (χ3v) is 4.51. The largest absolute Gasteiger partial charge is 0.494 e. The van der Waals surface area contributed by atoms with Crippen molar-refractivity contribution in [3.05, 3.63) is 48.0 Å². The monoisotopic (exact) mass is 399 g/mol. The Bertz CT molecular complexity index is 851. The van der Waals surface area contributed by atoms with Gasteiger partial charge in [0.05, 0.1) is 38.8 Å². The summed E-state index contributed by atoms with van der Waals surface area (Å²) >= 11 is 0. The van der Waals surface area contributed by atoms with Gasteiger partial charge in [-0.3, -0.25) is 9.59 Å². The van der Waals surface area contributed by atoms with Gasteiger partial charge >= 0.3 is 0 Å². The first-order valence-corrected chi connectivity index (χ1v) is 9.34. The third-order valence-electron chi connectivity index (χ3n) is 4.51. The molecule has 1 unspecified atom stereocenters. The van der Waals surface area contributed by atoms with E-state index in [0.717, 1.165) is 6.54 Å². The quantitative estimate of drug-likeness (QED) is 0.661. The van der Waals surface area contributed by atoms with E-state index in [0.29, 0.717) is 41.7 Å². The number of hydrogen-bond donors (Lipinski definition) is 3. The fourth-order valence-corrected chi connectivity index (χ4v) is 3.05. The minimum absolute atomic E-state index is 0.0268. The fourth-order valence-electron chi connectivity index (χ4n) is 3.05. The summed E-state index contributed by atoms with van der Waals surface area (Å²) in [5.74, 6) is 0.375. The van der Waals surface area contributed by atoms with Gasteiger partial charge in [-0.25, -0.2) is 0 Å². The van der Waals surface area contributed by atoms with Crippen molar-refractivity contribution in [1.29, 1.82) is 0 Å². The van der Waals surface area contributed by atoms with Crippen molar-refractivity contribution < 1.29 is 23.8 Å². The van der Waals surface area contributed by atoms with Crippen LogP contribution >= 0.6 is 0 Å². The maximum Gasteiger partial charge on any atom is 0.255 e. The summed E-state index contributed by atoms with van der Waals surface area (Å²) in [4.78, 5) is 24.9. The standard InChI is InChI=1S/C21H25N3O5/c1-27-18-12-17(24-21(26)14-6-4-3-5-7-14)19(28-2)11-16(18)23-20(25)10-15-13-29-9-8-22-15/h3-7,11-12,15,22H,8-10,13H2,1-2H3,(H,23,25)(H,24,26). The van der Waals surface area contributed by atoms with Crippen molar-refractivity contribution in [3.63, 3.8) is 0 Å². The van der Waals surface area contributed by atoms with Gasteiger partial charge in [0.1, 0.15) is 11.5 Å². The average Bonchev–Trinajstić information content (AvgIpc) is 2.75. The van der Waals surface area contributed by atoms with E-state index >= 15 is 0 Å². The van der Waals surface area contributed by atoms with Gasteiger partial charge in [0, 0.05) is 36.7 Å². The van der Waals surface area contributed by atoms with Crippen LogP contribution in [0.25, 0.3) is 0 Å². The lowest BCUT2D eigenvalue weighted by molar-refractivity contribution is -0.117. The number of carbonyl (C=O) groups excluding carboxylic acids is 2.